The lowest BCUT2D eigenvalue weighted by molar-refractivity contribution is -0.917. The molecule has 0 aliphatic carbocycles. The van der Waals surface area contributed by atoms with Gasteiger partial charge < -0.3 is 16.3 Å². The summed E-state index contributed by atoms with van der Waals surface area (Å²) in [7, 11) is 0. The Hall–Kier alpha value is -0.550. The Labute approximate surface area is 134 Å². The maximum Gasteiger partial charge on any atom is 0.0788 e. The Kier molecular flexibility index (Phi) is 14.0. The molecule has 0 atom stereocenters. The van der Waals surface area contributed by atoms with E-state index in [9.17, 15) is 0 Å². The van der Waals surface area contributed by atoms with Crippen molar-refractivity contribution in [2.45, 2.75) is 90.9 Å². The third kappa shape index (κ3) is 9.91. The van der Waals surface area contributed by atoms with Gasteiger partial charge in [-0.15, -0.1) is 0 Å². The Balaban J connectivity index is 0.00000191. The van der Waals surface area contributed by atoms with E-state index in [0.717, 1.165) is 0 Å². The van der Waals surface area contributed by atoms with E-state index in [4.69, 9.17) is 11.8 Å². The topological polar surface area (TPSA) is 23.8 Å². The van der Waals surface area contributed by atoms with Crippen LogP contribution in [0.15, 0.2) is 0 Å². The maximum absolute atomic E-state index is 6.25. The molecule has 124 valence electrons. The standard InChI is InChI=1S/C18H38N.CN/c1-3-5-7-8-9-10-11-12-16-19(15-6-4-2)17-13-14-18-19;1-2/h3-18H2,1-2H3;/q+1;-1. The van der Waals surface area contributed by atoms with E-state index in [-0.39, 0.29) is 0 Å². The summed E-state index contributed by atoms with van der Waals surface area (Å²) in [6, 6.07) is 0. The lowest BCUT2D eigenvalue weighted by atomic mass is 10.1. The molecule has 1 heterocycles. The van der Waals surface area contributed by atoms with E-state index in [1.54, 1.807) is 0 Å². The molecule has 1 saturated heterocycles. The van der Waals surface area contributed by atoms with Crippen molar-refractivity contribution in [1.82, 2.24) is 0 Å². The second-order valence-electron chi connectivity index (χ2n) is 6.77. The molecule has 0 bridgehead atoms. The number of hydrogen-bond acceptors (Lipinski definition) is 1. The van der Waals surface area contributed by atoms with Crippen LogP contribution < -0.4 is 0 Å². The van der Waals surface area contributed by atoms with Gasteiger partial charge in [-0.3, -0.25) is 0 Å². The van der Waals surface area contributed by atoms with E-state index < -0.39 is 0 Å². The van der Waals surface area contributed by atoms with Crippen LogP contribution in [0.1, 0.15) is 90.9 Å². The minimum atomic E-state index is 1.37. The average Bonchev–Trinajstić information content (AvgIpc) is 2.99. The van der Waals surface area contributed by atoms with Gasteiger partial charge >= 0.3 is 0 Å². The molecule has 2 nitrogen and oxygen atoms in total. The third-order valence-electron chi connectivity index (χ3n) is 4.99. The Morgan fingerprint density at radius 2 is 1.10 bits per heavy atom. The summed E-state index contributed by atoms with van der Waals surface area (Å²) in [6.45, 7) is 15.3. The molecular weight excluding hydrogens is 256 g/mol. The number of nitrogens with zero attached hydrogens (tertiary/aromatic N) is 2. The number of unbranched alkanes of at least 4 members (excludes halogenated alkanes) is 8. The highest BCUT2D eigenvalue weighted by molar-refractivity contribution is 4.56. The molecule has 0 spiro atoms. The van der Waals surface area contributed by atoms with Gasteiger partial charge in [-0.25, -0.2) is 0 Å². The summed E-state index contributed by atoms with van der Waals surface area (Å²) < 4.78 is 1.48. The number of rotatable bonds is 12. The Bertz CT molecular complexity index is 229. The predicted molar refractivity (Wildman–Crippen MR) is 91.4 cm³/mol. The van der Waals surface area contributed by atoms with Crippen LogP contribution in [0.3, 0.4) is 0 Å². The van der Waals surface area contributed by atoms with Gasteiger partial charge in [0.2, 0.25) is 0 Å². The number of hydrogen-bond donors (Lipinski definition) is 0. The summed E-state index contributed by atoms with van der Waals surface area (Å²) in [5.41, 5.74) is 0. The number of likely N-dealkylation sites (tertiary alicyclic amines) is 1. The van der Waals surface area contributed by atoms with Crippen molar-refractivity contribution in [3.8, 4) is 0 Å². The van der Waals surface area contributed by atoms with E-state index >= 15 is 0 Å². The van der Waals surface area contributed by atoms with Crippen LogP contribution in [-0.4, -0.2) is 30.7 Å². The van der Waals surface area contributed by atoms with Crippen molar-refractivity contribution in [2.24, 2.45) is 0 Å². The van der Waals surface area contributed by atoms with Gasteiger partial charge in [-0.05, 0) is 19.3 Å². The minimum Gasteiger partial charge on any atom is -0.512 e. The molecule has 0 aromatic carbocycles. The van der Waals surface area contributed by atoms with Crippen LogP contribution in [0, 0.1) is 11.8 Å². The zero-order valence-electron chi connectivity index (χ0n) is 14.7. The minimum absolute atomic E-state index is 1.37. The van der Waals surface area contributed by atoms with Crippen LogP contribution in [-0.2, 0) is 0 Å². The van der Waals surface area contributed by atoms with Crippen LogP contribution in [0.4, 0.5) is 0 Å². The molecular formula is C19H38N2. The lowest BCUT2D eigenvalue weighted by Crippen LogP contribution is -2.46. The summed E-state index contributed by atoms with van der Waals surface area (Å²) in [6.07, 6.45) is 17.5. The third-order valence-corrected chi connectivity index (χ3v) is 4.99. The molecule has 1 fully saturated rings. The maximum atomic E-state index is 6.25. The summed E-state index contributed by atoms with van der Waals surface area (Å²) in [5, 5.41) is 6.25. The summed E-state index contributed by atoms with van der Waals surface area (Å²) in [4.78, 5) is 0. The van der Waals surface area contributed by atoms with Crippen LogP contribution in [0.2, 0.25) is 0 Å². The van der Waals surface area contributed by atoms with Gasteiger partial charge in [-0.1, -0.05) is 58.8 Å². The smallest absolute Gasteiger partial charge is 0.0788 e. The second-order valence-corrected chi connectivity index (χ2v) is 6.77. The normalized spacial score (nSPS) is 16.4. The van der Waals surface area contributed by atoms with E-state index in [2.05, 4.69) is 13.8 Å². The van der Waals surface area contributed by atoms with Crippen LogP contribution >= 0.6 is 0 Å². The van der Waals surface area contributed by atoms with E-state index in [1.807, 2.05) is 0 Å². The first-order valence-corrected chi connectivity index (χ1v) is 9.40. The highest BCUT2D eigenvalue weighted by atomic mass is 15.4. The van der Waals surface area contributed by atoms with Crippen molar-refractivity contribution in [2.75, 3.05) is 26.2 Å². The summed E-state index contributed by atoms with van der Waals surface area (Å²) in [5.74, 6) is 0. The van der Waals surface area contributed by atoms with Crippen molar-refractivity contribution in [3.05, 3.63) is 6.57 Å². The van der Waals surface area contributed by atoms with Gasteiger partial charge in [0.1, 0.15) is 0 Å². The van der Waals surface area contributed by atoms with Gasteiger partial charge in [0, 0.05) is 12.8 Å². The van der Waals surface area contributed by atoms with Crippen molar-refractivity contribution in [3.63, 3.8) is 0 Å². The molecule has 0 N–H and O–H groups in total. The first-order chi connectivity index (χ1) is 10.3. The van der Waals surface area contributed by atoms with Crippen molar-refractivity contribution in [1.29, 1.82) is 5.26 Å². The fourth-order valence-electron chi connectivity index (χ4n) is 3.64. The fraction of sp³-hybridized carbons (Fsp3) is 0.947. The Morgan fingerprint density at radius 1 is 0.667 bits per heavy atom. The fourth-order valence-corrected chi connectivity index (χ4v) is 3.64. The van der Waals surface area contributed by atoms with E-state index in [1.165, 1.54) is 108 Å². The molecule has 1 aliphatic heterocycles. The predicted octanol–water partition coefficient (Wildman–Crippen LogP) is 5.63. The molecule has 0 aromatic rings. The van der Waals surface area contributed by atoms with Gasteiger partial charge in [0.05, 0.1) is 26.2 Å². The van der Waals surface area contributed by atoms with Crippen LogP contribution in [0.25, 0.3) is 0 Å². The van der Waals surface area contributed by atoms with Crippen molar-refractivity contribution < 1.29 is 4.48 Å². The largest absolute Gasteiger partial charge is 0.512 e. The van der Waals surface area contributed by atoms with Gasteiger partial charge in [0.15, 0.2) is 0 Å². The Morgan fingerprint density at radius 3 is 1.62 bits per heavy atom. The average molecular weight is 295 g/mol. The molecule has 21 heavy (non-hydrogen) atoms. The quantitative estimate of drug-likeness (QED) is 0.260. The molecule has 1 aliphatic rings. The SMILES string of the molecule is CCCCCCCCCC[N+]1(CCCC)CCCC1.[C-]#N. The first kappa shape index (κ1) is 20.5. The zero-order chi connectivity index (χ0) is 15.8. The first-order valence-electron chi connectivity index (χ1n) is 9.40. The molecule has 2 heteroatoms. The molecule has 0 aromatic heterocycles. The summed E-state index contributed by atoms with van der Waals surface area (Å²) >= 11 is 0. The second kappa shape index (κ2) is 14.4. The van der Waals surface area contributed by atoms with Crippen molar-refractivity contribution >= 4 is 0 Å². The highest BCUT2D eigenvalue weighted by Crippen LogP contribution is 2.22. The van der Waals surface area contributed by atoms with Gasteiger partial charge in [0.25, 0.3) is 0 Å². The highest BCUT2D eigenvalue weighted by Gasteiger charge is 2.30. The molecule has 0 radical (unpaired) electrons. The zero-order valence-corrected chi connectivity index (χ0v) is 14.7. The molecule has 0 saturated carbocycles. The molecule has 0 amide bonds. The molecule has 0 unspecified atom stereocenters. The molecule has 1 rings (SSSR count). The van der Waals surface area contributed by atoms with Crippen LogP contribution in [0.5, 0.6) is 0 Å². The van der Waals surface area contributed by atoms with Gasteiger partial charge in [-0.2, -0.15) is 0 Å². The number of quaternary nitrogens is 1. The van der Waals surface area contributed by atoms with E-state index in [0.29, 0.717) is 0 Å². The monoisotopic (exact) mass is 294 g/mol. The lowest BCUT2D eigenvalue weighted by Gasteiger charge is -2.34.